The average molecular weight is 531 g/mol. The smallest absolute Gasteiger partial charge is 0.410 e. The molecule has 3 heterocycles. The zero-order chi connectivity index (χ0) is 27.4. The van der Waals surface area contributed by atoms with Gasteiger partial charge in [-0.3, -0.25) is 4.99 Å². The van der Waals surface area contributed by atoms with Crippen LogP contribution in [0.15, 0.2) is 47.6 Å². The van der Waals surface area contributed by atoms with Crippen LogP contribution in [0.25, 0.3) is 22.0 Å². The third-order valence-corrected chi connectivity index (χ3v) is 8.50. The third kappa shape index (κ3) is 5.33. The number of halogens is 1. The number of aromatic nitrogens is 1. The molecule has 6 nitrogen and oxygen atoms in total. The molecule has 2 aromatic carbocycles. The Morgan fingerprint density at radius 3 is 2.56 bits per heavy atom. The molecule has 1 N–H and O–H groups in total. The van der Waals surface area contributed by atoms with Gasteiger partial charge in [-0.25, -0.2) is 9.18 Å². The molecule has 1 aromatic heterocycles. The van der Waals surface area contributed by atoms with Crippen molar-refractivity contribution in [2.45, 2.75) is 59.0 Å². The van der Waals surface area contributed by atoms with E-state index in [1.807, 2.05) is 37.9 Å². The first kappa shape index (κ1) is 26.1. The molecule has 0 atom stereocenters. The van der Waals surface area contributed by atoms with Crippen molar-refractivity contribution in [3.63, 3.8) is 0 Å². The number of benzene rings is 2. The number of amides is 1. The molecule has 3 aromatic rings. The number of nitrogens with one attached hydrogen (secondary N) is 1. The second-order valence-electron chi connectivity index (χ2n) is 12.9. The van der Waals surface area contributed by atoms with E-state index >= 15 is 0 Å². The summed E-state index contributed by atoms with van der Waals surface area (Å²) >= 11 is 0. The molecule has 7 heteroatoms. The topological polar surface area (TPSA) is 60.9 Å². The van der Waals surface area contributed by atoms with Crippen molar-refractivity contribution in [2.24, 2.45) is 16.3 Å². The van der Waals surface area contributed by atoms with Crippen molar-refractivity contribution in [1.82, 2.24) is 14.8 Å². The van der Waals surface area contributed by atoms with Gasteiger partial charge in [0.05, 0.1) is 5.69 Å². The Hall–Kier alpha value is -3.19. The van der Waals surface area contributed by atoms with Crippen molar-refractivity contribution < 1.29 is 13.9 Å². The molecule has 2 saturated heterocycles. The number of H-pyrrole nitrogens is 1. The number of hydrogen-bond donors (Lipinski definition) is 1. The van der Waals surface area contributed by atoms with E-state index in [4.69, 9.17) is 9.73 Å². The van der Waals surface area contributed by atoms with E-state index in [-0.39, 0.29) is 17.3 Å². The summed E-state index contributed by atoms with van der Waals surface area (Å²) in [5, 5.41) is 1.02. The van der Waals surface area contributed by atoms with E-state index in [2.05, 4.69) is 35.0 Å². The standard InChI is InChI=1S/C32H39FN4O2/c1-21-14-23(26-16-34-29-15-24(33)9-10-25(26)29)8-11-27(21)35-28(22-6-5-7-22)12-13-36-17-32(18-36)19-37(20-32)30(38)39-31(2,3)4/h8-11,14-16,22,34H,5-7,12-13,17-20H2,1-4H3. The molecule has 206 valence electrons. The van der Waals surface area contributed by atoms with Gasteiger partial charge in [-0.2, -0.15) is 0 Å². The Balaban J connectivity index is 1.08. The fourth-order valence-corrected chi connectivity index (χ4v) is 6.29. The number of nitrogens with zero attached hydrogens (tertiary/aromatic N) is 3. The summed E-state index contributed by atoms with van der Waals surface area (Å²) in [6.07, 6.45) is 6.51. The van der Waals surface area contributed by atoms with Gasteiger partial charge in [0.15, 0.2) is 0 Å². The van der Waals surface area contributed by atoms with Gasteiger partial charge in [-0.15, -0.1) is 0 Å². The van der Waals surface area contributed by atoms with Gasteiger partial charge in [-0.1, -0.05) is 12.5 Å². The quantitative estimate of drug-likeness (QED) is 0.346. The van der Waals surface area contributed by atoms with Crippen LogP contribution in [-0.2, 0) is 4.74 Å². The number of aryl methyl sites for hydroxylation is 1. The Kier molecular flexibility index (Phi) is 6.53. The lowest BCUT2D eigenvalue weighted by atomic mass is 9.72. The summed E-state index contributed by atoms with van der Waals surface area (Å²) in [4.78, 5) is 25.1. The van der Waals surface area contributed by atoms with E-state index in [0.717, 1.165) is 72.4 Å². The molecule has 1 aliphatic carbocycles. The van der Waals surface area contributed by atoms with E-state index in [9.17, 15) is 9.18 Å². The van der Waals surface area contributed by atoms with Crippen LogP contribution in [-0.4, -0.2) is 64.9 Å². The zero-order valence-corrected chi connectivity index (χ0v) is 23.5. The van der Waals surface area contributed by atoms with Crippen LogP contribution in [0.3, 0.4) is 0 Å². The molecule has 3 aliphatic rings. The highest BCUT2D eigenvalue weighted by Gasteiger charge is 2.53. The molecule has 1 spiro atoms. The van der Waals surface area contributed by atoms with Gasteiger partial charge in [-0.05, 0) is 94.3 Å². The first-order chi connectivity index (χ1) is 18.6. The number of rotatable bonds is 6. The molecular weight excluding hydrogens is 491 g/mol. The summed E-state index contributed by atoms with van der Waals surface area (Å²) in [6.45, 7) is 12.6. The van der Waals surface area contributed by atoms with Crippen LogP contribution in [0.4, 0.5) is 14.9 Å². The first-order valence-corrected chi connectivity index (χ1v) is 14.2. The summed E-state index contributed by atoms with van der Waals surface area (Å²) in [5.41, 5.74) is 6.33. The Morgan fingerprint density at radius 1 is 1.13 bits per heavy atom. The molecule has 1 saturated carbocycles. The number of aromatic amines is 1. The lowest BCUT2D eigenvalue weighted by Crippen LogP contribution is -2.73. The van der Waals surface area contributed by atoms with Crippen molar-refractivity contribution >= 4 is 28.4 Å². The molecule has 0 radical (unpaired) electrons. The predicted molar refractivity (Wildman–Crippen MR) is 154 cm³/mol. The molecule has 3 fully saturated rings. The molecule has 0 unspecified atom stereocenters. The van der Waals surface area contributed by atoms with Crippen LogP contribution in [0.5, 0.6) is 0 Å². The van der Waals surface area contributed by atoms with Gasteiger partial charge in [0.1, 0.15) is 11.4 Å². The van der Waals surface area contributed by atoms with Crippen LogP contribution in [0.2, 0.25) is 0 Å². The molecular formula is C32H39FN4O2. The van der Waals surface area contributed by atoms with Crippen molar-refractivity contribution in [3.8, 4) is 11.1 Å². The number of ether oxygens (including phenoxy) is 1. The monoisotopic (exact) mass is 530 g/mol. The van der Waals surface area contributed by atoms with Gasteiger partial charge in [0, 0.05) is 66.5 Å². The van der Waals surface area contributed by atoms with E-state index in [0.29, 0.717) is 5.92 Å². The van der Waals surface area contributed by atoms with Crippen LogP contribution in [0.1, 0.15) is 52.0 Å². The minimum atomic E-state index is -0.446. The van der Waals surface area contributed by atoms with E-state index < -0.39 is 5.60 Å². The van der Waals surface area contributed by atoms with Crippen LogP contribution < -0.4 is 0 Å². The molecule has 2 aliphatic heterocycles. The number of fused-ring (bicyclic) bond motifs is 1. The van der Waals surface area contributed by atoms with Gasteiger partial charge < -0.3 is 19.5 Å². The fraction of sp³-hybridized carbons (Fsp3) is 0.500. The molecule has 6 rings (SSSR count). The number of likely N-dealkylation sites (tertiary alicyclic amines) is 2. The fourth-order valence-electron chi connectivity index (χ4n) is 6.29. The normalized spacial score (nSPS) is 19.6. The maximum atomic E-state index is 13.6. The van der Waals surface area contributed by atoms with Crippen molar-refractivity contribution in [1.29, 1.82) is 0 Å². The first-order valence-electron chi connectivity index (χ1n) is 14.2. The lowest BCUT2D eigenvalue weighted by Gasteiger charge is -2.60. The summed E-state index contributed by atoms with van der Waals surface area (Å²) < 4.78 is 19.1. The van der Waals surface area contributed by atoms with Crippen molar-refractivity contribution in [3.05, 3.63) is 54.0 Å². The van der Waals surface area contributed by atoms with Gasteiger partial charge >= 0.3 is 6.09 Å². The number of aliphatic imine (C=N–C) groups is 1. The Morgan fingerprint density at radius 2 is 1.90 bits per heavy atom. The molecule has 0 bridgehead atoms. The highest BCUT2D eigenvalue weighted by Crippen LogP contribution is 2.41. The maximum Gasteiger partial charge on any atom is 0.410 e. The second-order valence-corrected chi connectivity index (χ2v) is 12.9. The predicted octanol–water partition coefficient (Wildman–Crippen LogP) is 7.10. The minimum absolute atomic E-state index is 0.189. The summed E-state index contributed by atoms with van der Waals surface area (Å²) in [7, 11) is 0. The Labute approximate surface area is 230 Å². The number of carbonyl (C=O) groups excluding carboxylic acids is 1. The highest BCUT2D eigenvalue weighted by molar-refractivity contribution is 5.96. The van der Waals surface area contributed by atoms with Crippen LogP contribution in [0, 0.1) is 24.1 Å². The number of hydrogen-bond acceptors (Lipinski definition) is 4. The molecule has 1 amide bonds. The van der Waals surface area contributed by atoms with Crippen LogP contribution >= 0.6 is 0 Å². The van der Waals surface area contributed by atoms with Crippen molar-refractivity contribution in [2.75, 3.05) is 32.7 Å². The molecule has 39 heavy (non-hydrogen) atoms. The summed E-state index contributed by atoms with van der Waals surface area (Å²) in [5.74, 6) is 0.360. The third-order valence-electron chi connectivity index (χ3n) is 8.50. The summed E-state index contributed by atoms with van der Waals surface area (Å²) in [6, 6.07) is 11.3. The van der Waals surface area contributed by atoms with Gasteiger partial charge in [0.25, 0.3) is 0 Å². The largest absolute Gasteiger partial charge is 0.444 e. The maximum absolute atomic E-state index is 13.6. The average Bonchev–Trinajstić information content (AvgIpc) is 3.18. The number of carbonyl (C=O) groups is 1. The second kappa shape index (κ2) is 9.77. The van der Waals surface area contributed by atoms with E-state index in [1.165, 1.54) is 37.1 Å². The highest BCUT2D eigenvalue weighted by atomic mass is 19.1. The minimum Gasteiger partial charge on any atom is -0.444 e. The zero-order valence-electron chi connectivity index (χ0n) is 23.5. The SMILES string of the molecule is Cc1cc(-c2c[nH]c3cc(F)ccc23)ccc1N=C(CCN1CC2(C1)CN(C(=O)OC(C)(C)C)C2)C1CCC1. The lowest BCUT2D eigenvalue weighted by molar-refractivity contribution is -0.111. The van der Waals surface area contributed by atoms with E-state index in [1.54, 1.807) is 0 Å². The van der Waals surface area contributed by atoms with Gasteiger partial charge in [0.2, 0.25) is 0 Å². The Bertz CT molecular complexity index is 1420.